The first-order valence-corrected chi connectivity index (χ1v) is 5.49. The van der Waals surface area contributed by atoms with Crippen molar-refractivity contribution in [2.45, 2.75) is 5.88 Å². The molecule has 0 bridgehead atoms. The number of alkyl halides is 1. The molecule has 0 amide bonds. The van der Waals surface area contributed by atoms with Crippen LogP contribution in [0.5, 0.6) is 11.6 Å². The van der Waals surface area contributed by atoms with Crippen LogP contribution in [0.4, 0.5) is 0 Å². The Hall–Kier alpha value is -1.32. The van der Waals surface area contributed by atoms with E-state index in [1.807, 2.05) is 0 Å². The van der Waals surface area contributed by atoms with E-state index < -0.39 is 0 Å². The van der Waals surface area contributed by atoms with E-state index in [9.17, 15) is 0 Å². The highest BCUT2D eigenvalue weighted by Crippen LogP contribution is 2.24. The van der Waals surface area contributed by atoms with E-state index in [4.69, 9.17) is 27.9 Å². The second kappa shape index (κ2) is 5.14. The molecule has 16 heavy (non-hydrogen) atoms. The molecular formula is C11H8Cl2N2O. The molecule has 82 valence electrons. The Balaban J connectivity index is 2.22. The molecular weight excluding hydrogens is 247 g/mol. The first-order chi connectivity index (χ1) is 7.79. The van der Waals surface area contributed by atoms with Crippen molar-refractivity contribution in [2.75, 3.05) is 0 Å². The Morgan fingerprint density at radius 2 is 2.19 bits per heavy atom. The van der Waals surface area contributed by atoms with Gasteiger partial charge in [0.1, 0.15) is 5.75 Å². The van der Waals surface area contributed by atoms with E-state index >= 15 is 0 Å². The van der Waals surface area contributed by atoms with E-state index in [0.29, 0.717) is 22.5 Å². The first kappa shape index (κ1) is 11.2. The summed E-state index contributed by atoms with van der Waals surface area (Å²) in [5.41, 5.74) is 0.789. The van der Waals surface area contributed by atoms with Crippen molar-refractivity contribution in [3.8, 4) is 11.6 Å². The van der Waals surface area contributed by atoms with Crippen molar-refractivity contribution in [3.63, 3.8) is 0 Å². The Kier molecular flexibility index (Phi) is 3.59. The fraction of sp³-hybridized carbons (Fsp3) is 0.0909. The molecule has 2 heterocycles. The van der Waals surface area contributed by atoms with Crippen LogP contribution in [0, 0.1) is 0 Å². The number of pyridine rings is 2. The molecule has 0 fully saturated rings. The molecule has 0 N–H and O–H groups in total. The molecule has 0 radical (unpaired) electrons. The second-order valence-corrected chi connectivity index (χ2v) is 3.71. The molecule has 0 saturated carbocycles. The highest BCUT2D eigenvalue weighted by molar-refractivity contribution is 6.32. The predicted octanol–water partition coefficient (Wildman–Crippen LogP) is 3.66. The predicted molar refractivity (Wildman–Crippen MR) is 63.1 cm³/mol. The van der Waals surface area contributed by atoms with Crippen molar-refractivity contribution >= 4 is 23.2 Å². The van der Waals surface area contributed by atoms with Crippen molar-refractivity contribution < 1.29 is 4.74 Å². The topological polar surface area (TPSA) is 35.0 Å². The number of hydrogen-bond acceptors (Lipinski definition) is 3. The van der Waals surface area contributed by atoms with Crippen LogP contribution in [-0.4, -0.2) is 9.97 Å². The van der Waals surface area contributed by atoms with Crippen LogP contribution in [0.15, 0.2) is 36.8 Å². The van der Waals surface area contributed by atoms with Gasteiger partial charge < -0.3 is 4.74 Å². The third-order valence-corrected chi connectivity index (χ3v) is 2.54. The van der Waals surface area contributed by atoms with Crippen LogP contribution in [-0.2, 0) is 5.88 Å². The molecule has 2 aromatic rings. The lowest BCUT2D eigenvalue weighted by Gasteiger charge is -2.05. The molecule has 0 atom stereocenters. The summed E-state index contributed by atoms with van der Waals surface area (Å²) < 4.78 is 5.48. The lowest BCUT2D eigenvalue weighted by atomic mass is 10.3. The Labute approximate surface area is 103 Å². The maximum atomic E-state index is 5.88. The highest BCUT2D eigenvalue weighted by atomic mass is 35.5. The molecule has 0 aromatic carbocycles. The SMILES string of the molecule is ClCc1cc(Oc2cccnc2)ncc1Cl. The van der Waals surface area contributed by atoms with Crippen LogP contribution in [0.1, 0.15) is 5.56 Å². The summed E-state index contributed by atoms with van der Waals surface area (Å²) in [6.45, 7) is 0. The maximum absolute atomic E-state index is 5.88. The third kappa shape index (κ3) is 2.62. The number of halogens is 2. The van der Waals surface area contributed by atoms with Crippen LogP contribution < -0.4 is 4.74 Å². The number of hydrogen-bond donors (Lipinski definition) is 0. The van der Waals surface area contributed by atoms with Crippen LogP contribution >= 0.6 is 23.2 Å². The number of aromatic nitrogens is 2. The Bertz CT molecular complexity index is 477. The average molecular weight is 255 g/mol. The van der Waals surface area contributed by atoms with E-state index in [-0.39, 0.29) is 0 Å². The molecule has 5 heteroatoms. The normalized spacial score (nSPS) is 10.1. The van der Waals surface area contributed by atoms with Crippen LogP contribution in [0.3, 0.4) is 0 Å². The van der Waals surface area contributed by atoms with Gasteiger partial charge in [-0.1, -0.05) is 11.6 Å². The molecule has 2 rings (SSSR count). The molecule has 0 aliphatic rings. The van der Waals surface area contributed by atoms with E-state index in [1.165, 1.54) is 6.20 Å². The van der Waals surface area contributed by atoms with Crippen molar-refractivity contribution in [3.05, 3.63) is 47.4 Å². The summed E-state index contributed by atoms with van der Waals surface area (Å²) in [6.07, 6.45) is 4.80. The van der Waals surface area contributed by atoms with Gasteiger partial charge in [0.05, 0.1) is 11.2 Å². The van der Waals surface area contributed by atoms with Crippen molar-refractivity contribution in [1.29, 1.82) is 0 Å². The van der Waals surface area contributed by atoms with E-state index in [0.717, 1.165) is 5.56 Å². The van der Waals surface area contributed by atoms with E-state index in [2.05, 4.69) is 9.97 Å². The van der Waals surface area contributed by atoms with Gasteiger partial charge in [-0.3, -0.25) is 4.98 Å². The fourth-order valence-electron chi connectivity index (χ4n) is 1.14. The minimum atomic E-state index is 0.324. The molecule has 0 unspecified atom stereocenters. The Morgan fingerprint density at radius 3 is 2.88 bits per heavy atom. The van der Waals surface area contributed by atoms with E-state index in [1.54, 1.807) is 30.6 Å². The zero-order valence-electron chi connectivity index (χ0n) is 8.23. The van der Waals surface area contributed by atoms with Crippen LogP contribution in [0.2, 0.25) is 5.02 Å². The lowest BCUT2D eigenvalue weighted by Crippen LogP contribution is -1.90. The maximum Gasteiger partial charge on any atom is 0.219 e. The standard InChI is InChI=1S/C11H8Cl2N2O/c12-5-8-4-11(15-7-10(8)13)16-9-2-1-3-14-6-9/h1-4,6-7H,5H2. The minimum Gasteiger partial charge on any atom is -0.437 e. The van der Waals surface area contributed by atoms with Gasteiger partial charge in [0, 0.05) is 24.3 Å². The molecule has 2 aromatic heterocycles. The van der Waals surface area contributed by atoms with Gasteiger partial charge in [-0.25, -0.2) is 4.98 Å². The molecule has 0 spiro atoms. The second-order valence-electron chi connectivity index (χ2n) is 3.04. The number of ether oxygens (including phenoxy) is 1. The van der Waals surface area contributed by atoms with Gasteiger partial charge in [0.15, 0.2) is 0 Å². The fourth-order valence-corrected chi connectivity index (χ4v) is 1.60. The third-order valence-electron chi connectivity index (χ3n) is 1.91. The molecule has 0 saturated heterocycles. The molecule has 0 aliphatic carbocycles. The van der Waals surface area contributed by atoms with Gasteiger partial charge in [-0.15, -0.1) is 11.6 Å². The summed E-state index contributed by atoms with van der Waals surface area (Å²) in [6, 6.07) is 5.29. The summed E-state index contributed by atoms with van der Waals surface area (Å²) in [5.74, 6) is 1.40. The number of rotatable bonds is 3. The van der Waals surface area contributed by atoms with Crippen LogP contribution in [0.25, 0.3) is 0 Å². The summed E-state index contributed by atoms with van der Waals surface area (Å²) in [4.78, 5) is 7.98. The zero-order valence-corrected chi connectivity index (χ0v) is 9.74. The van der Waals surface area contributed by atoms with Gasteiger partial charge in [0.25, 0.3) is 0 Å². The monoisotopic (exact) mass is 254 g/mol. The molecule has 3 nitrogen and oxygen atoms in total. The van der Waals surface area contributed by atoms with Gasteiger partial charge in [-0.05, 0) is 17.7 Å². The average Bonchev–Trinajstić information content (AvgIpc) is 2.33. The first-order valence-electron chi connectivity index (χ1n) is 4.58. The van der Waals surface area contributed by atoms with Gasteiger partial charge >= 0.3 is 0 Å². The minimum absolute atomic E-state index is 0.324. The summed E-state index contributed by atoms with van der Waals surface area (Å²) in [7, 11) is 0. The largest absolute Gasteiger partial charge is 0.437 e. The lowest BCUT2D eigenvalue weighted by molar-refractivity contribution is 0.460. The summed E-state index contributed by atoms with van der Waals surface area (Å²) >= 11 is 11.6. The van der Waals surface area contributed by atoms with Crippen molar-refractivity contribution in [1.82, 2.24) is 9.97 Å². The number of nitrogens with zero attached hydrogens (tertiary/aromatic N) is 2. The van der Waals surface area contributed by atoms with Gasteiger partial charge in [0.2, 0.25) is 5.88 Å². The Morgan fingerprint density at radius 1 is 1.31 bits per heavy atom. The summed E-state index contributed by atoms with van der Waals surface area (Å²) in [5, 5.41) is 0.536. The highest BCUT2D eigenvalue weighted by Gasteiger charge is 2.04. The quantitative estimate of drug-likeness (QED) is 0.785. The van der Waals surface area contributed by atoms with Crippen molar-refractivity contribution in [2.24, 2.45) is 0 Å². The zero-order chi connectivity index (χ0) is 11.4. The van der Waals surface area contributed by atoms with Gasteiger partial charge in [-0.2, -0.15) is 0 Å². The smallest absolute Gasteiger partial charge is 0.219 e. The molecule has 0 aliphatic heterocycles.